The SMILES string of the molecule is C=CCc1cc(C(=O)N[C@@H](C)c2ccc(S(C)(=O)=O)cc2)cc(OC)c1OC. The molecule has 0 heterocycles. The Bertz CT molecular complexity index is 965. The molecule has 0 aliphatic rings. The van der Waals surface area contributed by atoms with Gasteiger partial charge in [-0.3, -0.25) is 4.79 Å². The number of hydrogen-bond donors (Lipinski definition) is 1. The summed E-state index contributed by atoms with van der Waals surface area (Å²) in [6, 6.07) is 9.52. The first-order valence-corrected chi connectivity index (χ1v) is 10.6. The number of amides is 1. The lowest BCUT2D eigenvalue weighted by Crippen LogP contribution is -2.26. The number of hydrogen-bond acceptors (Lipinski definition) is 5. The van der Waals surface area contributed by atoms with Crippen LogP contribution in [0.5, 0.6) is 11.5 Å². The van der Waals surface area contributed by atoms with Crippen molar-refractivity contribution in [2.24, 2.45) is 0 Å². The Morgan fingerprint density at radius 3 is 2.32 bits per heavy atom. The van der Waals surface area contributed by atoms with E-state index in [9.17, 15) is 13.2 Å². The molecule has 1 N–H and O–H groups in total. The second kappa shape index (κ2) is 8.93. The monoisotopic (exact) mass is 403 g/mol. The first-order chi connectivity index (χ1) is 13.2. The Morgan fingerprint density at radius 1 is 1.18 bits per heavy atom. The minimum Gasteiger partial charge on any atom is -0.493 e. The molecule has 0 unspecified atom stereocenters. The second-order valence-electron chi connectivity index (χ2n) is 6.40. The van der Waals surface area contributed by atoms with Crippen molar-refractivity contribution < 1.29 is 22.7 Å². The highest BCUT2D eigenvalue weighted by Gasteiger charge is 2.18. The fourth-order valence-corrected chi connectivity index (χ4v) is 3.48. The normalized spacial score (nSPS) is 12.1. The molecule has 150 valence electrons. The first kappa shape index (κ1) is 21.5. The van der Waals surface area contributed by atoms with Crippen molar-refractivity contribution in [3.63, 3.8) is 0 Å². The number of nitrogens with one attached hydrogen (secondary N) is 1. The second-order valence-corrected chi connectivity index (χ2v) is 8.42. The molecule has 1 amide bonds. The molecule has 2 rings (SSSR count). The molecule has 0 aliphatic heterocycles. The molecule has 1 atom stereocenters. The molecular formula is C21H25NO5S. The van der Waals surface area contributed by atoms with E-state index in [2.05, 4.69) is 11.9 Å². The largest absolute Gasteiger partial charge is 0.493 e. The van der Waals surface area contributed by atoms with Crippen LogP contribution in [-0.2, 0) is 16.3 Å². The van der Waals surface area contributed by atoms with Crippen LogP contribution in [0.15, 0.2) is 53.9 Å². The number of carbonyl (C=O) groups excluding carboxylic acids is 1. The zero-order chi connectivity index (χ0) is 20.9. The highest BCUT2D eigenvalue weighted by Crippen LogP contribution is 2.33. The summed E-state index contributed by atoms with van der Waals surface area (Å²) in [4.78, 5) is 13.0. The Hall–Kier alpha value is -2.80. The van der Waals surface area contributed by atoms with Gasteiger partial charge in [-0.25, -0.2) is 8.42 Å². The molecule has 2 aromatic rings. The van der Waals surface area contributed by atoms with Crippen molar-refractivity contribution in [1.29, 1.82) is 0 Å². The predicted molar refractivity (Wildman–Crippen MR) is 109 cm³/mol. The average molecular weight is 404 g/mol. The standard InChI is InChI=1S/C21H25NO5S/c1-6-7-16-12-17(13-19(26-3)20(16)27-4)21(23)22-14(2)15-8-10-18(11-9-15)28(5,24)25/h6,8-14H,1,7H2,2-5H3,(H,22,23)/t14-/m0/s1. The van der Waals surface area contributed by atoms with Crippen LogP contribution in [0.25, 0.3) is 0 Å². The molecule has 0 saturated carbocycles. The fourth-order valence-electron chi connectivity index (χ4n) is 2.85. The summed E-state index contributed by atoms with van der Waals surface area (Å²) < 4.78 is 33.9. The van der Waals surface area contributed by atoms with E-state index in [1.54, 1.807) is 37.5 Å². The third-order valence-electron chi connectivity index (χ3n) is 4.34. The van der Waals surface area contributed by atoms with Crippen molar-refractivity contribution in [2.75, 3.05) is 20.5 Å². The molecular weight excluding hydrogens is 378 g/mol. The van der Waals surface area contributed by atoms with Crippen LogP contribution in [0.1, 0.15) is 34.5 Å². The van der Waals surface area contributed by atoms with E-state index in [4.69, 9.17) is 9.47 Å². The molecule has 0 radical (unpaired) electrons. The van der Waals surface area contributed by atoms with E-state index in [0.717, 1.165) is 17.4 Å². The quantitative estimate of drug-likeness (QED) is 0.684. The van der Waals surface area contributed by atoms with E-state index in [1.165, 1.54) is 19.2 Å². The molecule has 0 spiro atoms. The molecule has 7 heteroatoms. The molecule has 0 fully saturated rings. The molecule has 28 heavy (non-hydrogen) atoms. The van der Waals surface area contributed by atoms with E-state index >= 15 is 0 Å². The zero-order valence-electron chi connectivity index (χ0n) is 16.5. The number of benzene rings is 2. The first-order valence-electron chi connectivity index (χ1n) is 8.68. The van der Waals surface area contributed by atoms with Gasteiger partial charge < -0.3 is 14.8 Å². The lowest BCUT2D eigenvalue weighted by Gasteiger charge is -2.17. The van der Waals surface area contributed by atoms with E-state index in [0.29, 0.717) is 23.5 Å². The van der Waals surface area contributed by atoms with Gasteiger partial charge in [-0.15, -0.1) is 6.58 Å². The highest BCUT2D eigenvalue weighted by molar-refractivity contribution is 7.90. The molecule has 0 saturated heterocycles. The molecule has 0 bridgehead atoms. The van der Waals surface area contributed by atoms with Crippen LogP contribution in [0.2, 0.25) is 0 Å². The van der Waals surface area contributed by atoms with Gasteiger partial charge in [0.2, 0.25) is 0 Å². The number of carbonyl (C=O) groups is 1. The van der Waals surface area contributed by atoms with E-state index < -0.39 is 9.84 Å². The minimum atomic E-state index is -3.26. The summed E-state index contributed by atoms with van der Waals surface area (Å²) in [5, 5.41) is 2.92. The van der Waals surface area contributed by atoms with Gasteiger partial charge in [0.25, 0.3) is 5.91 Å². The zero-order valence-corrected chi connectivity index (χ0v) is 17.3. The Labute approximate surface area is 166 Å². The lowest BCUT2D eigenvalue weighted by molar-refractivity contribution is 0.0939. The number of allylic oxidation sites excluding steroid dienone is 1. The van der Waals surface area contributed by atoms with Gasteiger partial charge in [0.1, 0.15) is 0 Å². The number of sulfone groups is 1. The number of ether oxygens (including phenoxy) is 2. The van der Waals surface area contributed by atoms with Crippen molar-refractivity contribution in [3.05, 3.63) is 65.7 Å². The van der Waals surface area contributed by atoms with Gasteiger partial charge in [-0.2, -0.15) is 0 Å². The van der Waals surface area contributed by atoms with Gasteiger partial charge in [0.15, 0.2) is 21.3 Å². The maximum absolute atomic E-state index is 12.7. The van der Waals surface area contributed by atoms with Crippen LogP contribution in [0.4, 0.5) is 0 Å². The predicted octanol–water partition coefficient (Wildman–Crippen LogP) is 3.33. The summed E-state index contributed by atoms with van der Waals surface area (Å²) in [5.74, 6) is 0.770. The van der Waals surface area contributed by atoms with Crippen LogP contribution in [0.3, 0.4) is 0 Å². The topological polar surface area (TPSA) is 81.7 Å². The average Bonchev–Trinajstić information content (AvgIpc) is 2.66. The minimum absolute atomic E-state index is 0.240. The Balaban J connectivity index is 2.26. The van der Waals surface area contributed by atoms with Gasteiger partial charge in [0.05, 0.1) is 25.2 Å². The maximum atomic E-state index is 12.7. The molecule has 2 aromatic carbocycles. The van der Waals surface area contributed by atoms with Crippen molar-refractivity contribution >= 4 is 15.7 Å². The third kappa shape index (κ3) is 4.92. The highest BCUT2D eigenvalue weighted by atomic mass is 32.2. The molecule has 0 aliphatic carbocycles. The van der Waals surface area contributed by atoms with E-state index in [-0.39, 0.29) is 16.8 Å². The summed E-state index contributed by atoms with van der Waals surface area (Å²) in [6.07, 6.45) is 3.42. The van der Waals surface area contributed by atoms with Crippen molar-refractivity contribution in [1.82, 2.24) is 5.32 Å². The van der Waals surface area contributed by atoms with Crippen molar-refractivity contribution in [3.8, 4) is 11.5 Å². The van der Waals surface area contributed by atoms with Crippen LogP contribution in [-0.4, -0.2) is 34.8 Å². The molecule has 6 nitrogen and oxygen atoms in total. The summed E-state index contributed by atoms with van der Waals surface area (Å²) in [7, 11) is -0.192. The van der Waals surface area contributed by atoms with Gasteiger partial charge >= 0.3 is 0 Å². The van der Waals surface area contributed by atoms with Crippen LogP contribution in [0, 0.1) is 0 Å². The van der Waals surface area contributed by atoms with Crippen LogP contribution >= 0.6 is 0 Å². The molecule has 0 aromatic heterocycles. The van der Waals surface area contributed by atoms with Crippen LogP contribution < -0.4 is 14.8 Å². The smallest absolute Gasteiger partial charge is 0.251 e. The summed E-state index contributed by atoms with van der Waals surface area (Å²) in [6.45, 7) is 5.57. The number of methoxy groups -OCH3 is 2. The maximum Gasteiger partial charge on any atom is 0.251 e. The summed E-state index contributed by atoms with van der Waals surface area (Å²) >= 11 is 0. The Kier molecular flexibility index (Phi) is 6.85. The number of rotatable bonds is 8. The lowest BCUT2D eigenvalue weighted by atomic mass is 10.0. The van der Waals surface area contributed by atoms with Gasteiger partial charge in [-0.1, -0.05) is 18.2 Å². The van der Waals surface area contributed by atoms with Crippen molar-refractivity contribution in [2.45, 2.75) is 24.3 Å². The third-order valence-corrected chi connectivity index (χ3v) is 5.47. The van der Waals surface area contributed by atoms with Gasteiger partial charge in [0, 0.05) is 17.4 Å². The Morgan fingerprint density at radius 2 is 1.82 bits per heavy atom. The van der Waals surface area contributed by atoms with E-state index in [1.807, 2.05) is 6.92 Å². The fraction of sp³-hybridized carbons (Fsp3) is 0.286. The van der Waals surface area contributed by atoms with Gasteiger partial charge in [-0.05, 0) is 43.2 Å². The summed E-state index contributed by atoms with van der Waals surface area (Å²) in [5.41, 5.74) is 2.04.